The van der Waals surface area contributed by atoms with Crippen molar-refractivity contribution in [2.24, 2.45) is 0 Å². The first kappa shape index (κ1) is 17.9. The highest BCUT2D eigenvalue weighted by Gasteiger charge is 2.27. The van der Waals surface area contributed by atoms with Crippen LogP contribution in [-0.4, -0.2) is 51.9 Å². The molecule has 0 bridgehead atoms. The van der Waals surface area contributed by atoms with Gasteiger partial charge in [-0.3, -0.25) is 4.79 Å². The van der Waals surface area contributed by atoms with E-state index in [1.54, 1.807) is 12.1 Å². The summed E-state index contributed by atoms with van der Waals surface area (Å²) >= 11 is 0. The van der Waals surface area contributed by atoms with Crippen molar-refractivity contribution in [2.45, 2.75) is 37.1 Å². The molecule has 1 aromatic carbocycles. The molecule has 1 aliphatic heterocycles. The van der Waals surface area contributed by atoms with Crippen LogP contribution in [0.1, 0.15) is 26.2 Å². The van der Waals surface area contributed by atoms with Gasteiger partial charge in [0.15, 0.2) is 6.04 Å². The van der Waals surface area contributed by atoms with E-state index < -0.39 is 10.0 Å². The third-order valence-corrected chi connectivity index (χ3v) is 6.19. The largest absolute Gasteiger partial charge is 0.325 e. The fraction of sp³-hybridized carbons (Fsp3) is 0.562. The molecule has 0 unspecified atom stereocenters. The van der Waals surface area contributed by atoms with Crippen LogP contribution in [0.2, 0.25) is 0 Å². The van der Waals surface area contributed by atoms with E-state index in [1.807, 2.05) is 6.92 Å². The van der Waals surface area contributed by atoms with Crippen molar-refractivity contribution in [2.75, 3.05) is 32.5 Å². The zero-order chi connectivity index (χ0) is 17.0. The van der Waals surface area contributed by atoms with Gasteiger partial charge in [0.2, 0.25) is 10.0 Å². The van der Waals surface area contributed by atoms with Crippen molar-refractivity contribution in [1.29, 1.82) is 0 Å². The fourth-order valence-electron chi connectivity index (χ4n) is 2.82. The molecule has 2 rings (SSSR count). The van der Waals surface area contributed by atoms with Gasteiger partial charge < -0.3 is 10.2 Å². The Labute approximate surface area is 138 Å². The molecule has 1 heterocycles. The minimum absolute atomic E-state index is 0.0682. The highest BCUT2D eigenvalue weighted by Crippen LogP contribution is 2.18. The number of quaternary nitrogens is 1. The van der Waals surface area contributed by atoms with Crippen molar-refractivity contribution in [3.63, 3.8) is 0 Å². The summed E-state index contributed by atoms with van der Waals surface area (Å²) in [7, 11) is -0.522. The van der Waals surface area contributed by atoms with E-state index in [-0.39, 0.29) is 16.8 Å². The summed E-state index contributed by atoms with van der Waals surface area (Å²) in [5.74, 6) is -0.0682. The third-order valence-electron chi connectivity index (χ3n) is 4.38. The highest BCUT2D eigenvalue weighted by molar-refractivity contribution is 7.89. The van der Waals surface area contributed by atoms with Crippen LogP contribution >= 0.6 is 0 Å². The number of anilines is 1. The van der Waals surface area contributed by atoms with Crippen molar-refractivity contribution >= 4 is 21.6 Å². The molecule has 1 saturated heterocycles. The van der Waals surface area contributed by atoms with Gasteiger partial charge in [0.1, 0.15) is 0 Å². The monoisotopic (exact) mass is 340 g/mol. The zero-order valence-corrected chi connectivity index (χ0v) is 14.8. The summed E-state index contributed by atoms with van der Waals surface area (Å²) in [4.78, 5) is 13.9. The van der Waals surface area contributed by atoms with Crippen LogP contribution in [0, 0.1) is 0 Å². The number of hydrogen-bond donors (Lipinski definition) is 2. The quantitative estimate of drug-likeness (QED) is 0.812. The van der Waals surface area contributed by atoms with Gasteiger partial charge in [-0.25, -0.2) is 12.7 Å². The molecule has 1 fully saturated rings. The Kier molecular flexibility index (Phi) is 5.78. The summed E-state index contributed by atoms with van der Waals surface area (Å²) in [5.41, 5.74) is 0.515. The number of carbonyl (C=O) groups excluding carboxylic acids is 1. The fourth-order valence-corrected chi connectivity index (χ4v) is 3.77. The van der Waals surface area contributed by atoms with Crippen LogP contribution in [0.5, 0.6) is 0 Å². The molecule has 0 aliphatic carbocycles. The third kappa shape index (κ3) is 4.31. The molecule has 0 spiro atoms. The number of amides is 1. The van der Waals surface area contributed by atoms with Crippen molar-refractivity contribution in [3.8, 4) is 0 Å². The Morgan fingerprint density at radius 1 is 1.22 bits per heavy atom. The molecule has 1 amide bonds. The average molecular weight is 340 g/mol. The summed E-state index contributed by atoms with van der Waals surface area (Å²) < 4.78 is 25.5. The molecule has 0 aromatic heterocycles. The number of carbonyl (C=O) groups is 1. The van der Waals surface area contributed by atoms with Crippen LogP contribution in [0.15, 0.2) is 29.2 Å². The molecule has 2 N–H and O–H groups in total. The summed E-state index contributed by atoms with van der Waals surface area (Å²) in [5, 5.41) is 2.85. The Bertz CT molecular complexity index is 652. The molecule has 1 atom stereocenters. The number of nitrogens with zero attached hydrogens (tertiary/aromatic N) is 1. The van der Waals surface area contributed by atoms with E-state index in [1.165, 1.54) is 37.5 Å². The molecule has 1 aliphatic rings. The van der Waals surface area contributed by atoms with Crippen LogP contribution < -0.4 is 10.2 Å². The molecule has 23 heavy (non-hydrogen) atoms. The molecule has 128 valence electrons. The minimum atomic E-state index is -3.50. The lowest BCUT2D eigenvalue weighted by Crippen LogP contribution is -3.17. The molecule has 1 aromatic rings. The molecular formula is C16H26N3O3S+. The number of piperidine rings is 1. The standard InChI is InChI=1S/C16H25N3O3S/c1-13(19-10-5-4-6-11-19)16(20)17-14-8-7-9-15(12-14)23(21,22)18(2)3/h7-9,12-13H,4-6,10-11H2,1-3H3,(H,17,20)/p+1/t13-/m1/s1. The van der Waals surface area contributed by atoms with Gasteiger partial charge in [-0.2, -0.15) is 0 Å². The minimum Gasteiger partial charge on any atom is -0.325 e. The molecular weight excluding hydrogens is 314 g/mol. The van der Waals surface area contributed by atoms with Crippen molar-refractivity contribution in [1.82, 2.24) is 4.31 Å². The van der Waals surface area contributed by atoms with Gasteiger partial charge in [0, 0.05) is 19.8 Å². The Balaban J connectivity index is 2.09. The van der Waals surface area contributed by atoms with Crippen LogP contribution in [0.3, 0.4) is 0 Å². The van der Waals surface area contributed by atoms with Gasteiger partial charge in [-0.15, -0.1) is 0 Å². The average Bonchev–Trinajstić information content (AvgIpc) is 2.55. The van der Waals surface area contributed by atoms with E-state index in [0.29, 0.717) is 5.69 Å². The Morgan fingerprint density at radius 2 is 1.87 bits per heavy atom. The molecule has 0 saturated carbocycles. The maximum Gasteiger partial charge on any atom is 0.282 e. The molecule has 0 radical (unpaired) electrons. The maximum absolute atomic E-state index is 12.4. The van der Waals surface area contributed by atoms with Gasteiger partial charge in [-0.05, 0) is 44.4 Å². The van der Waals surface area contributed by atoms with Gasteiger partial charge in [0.25, 0.3) is 5.91 Å². The summed E-state index contributed by atoms with van der Waals surface area (Å²) in [6.45, 7) is 3.96. The number of likely N-dealkylation sites (tertiary alicyclic amines) is 1. The molecule has 7 heteroatoms. The van der Waals surface area contributed by atoms with Gasteiger partial charge >= 0.3 is 0 Å². The number of rotatable bonds is 5. The smallest absolute Gasteiger partial charge is 0.282 e. The lowest BCUT2D eigenvalue weighted by molar-refractivity contribution is -0.918. The summed E-state index contributed by atoms with van der Waals surface area (Å²) in [6, 6.07) is 6.26. The predicted molar refractivity (Wildman–Crippen MR) is 90.0 cm³/mol. The number of nitrogens with one attached hydrogen (secondary N) is 2. The van der Waals surface area contributed by atoms with Crippen LogP contribution in [-0.2, 0) is 14.8 Å². The van der Waals surface area contributed by atoms with Crippen LogP contribution in [0.25, 0.3) is 0 Å². The predicted octanol–water partition coefficient (Wildman–Crippen LogP) is 0.333. The first-order chi connectivity index (χ1) is 10.8. The maximum atomic E-state index is 12.4. The summed E-state index contributed by atoms with van der Waals surface area (Å²) in [6.07, 6.45) is 3.55. The second-order valence-electron chi connectivity index (χ2n) is 6.25. The zero-order valence-electron chi connectivity index (χ0n) is 14.0. The lowest BCUT2D eigenvalue weighted by Gasteiger charge is -2.28. The van der Waals surface area contributed by atoms with Crippen molar-refractivity contribution < 1.29 is 18.1 Å². The first-order valence-electron chi connectivity index (χ1n) is 8.00. The van der Waals surface area contributed by atoms with E-state index in [0.717, 1.165) is 30.2 Å². The molecule has 6 nitrogen and oxygen atoms in total. The number of hydrogen-bond acceptors (Lipinski definition) is 3. The Morgan fingerprint density at radius 3 is 2.48 bits per heavy atom. The van der Waals surface area contributed by atoms with E-state index in [4.69, 9.17) is 0 Å². The van der Waals surface area contributed by atoms with E-state index >= 15 is 0 Å². The van der Waals surface area contributed by atoms with Crippen LogP contribution in [0.4, 0.5) is 5.69 Å². The second-order valence-corrected chi connectivity index (χ2v) is 8.40. The second kappa shape index (κ2) is 7.42. The number of sulfonamides is 1. The van der Waals surface area contributed by atoms with Crippen molar-refractivity contribution in [3.05, 3.63) is 24.3 Å². The normalized spacial score (nSPS) is 17.9. The SMILES string of the molecule is C[C@H](C(=O)Nc1cccc(S(=O)(=O)N(C)C)c1)[NH+]1CCCCC1. The van der Waals surface area contributed by atoms with E-state index in [9.17, 15) is 13.2 Å². The highest BCUT2D eigenvalue weighted by atomic mass is 32.2. The topological polar surface area (TPSA) is 70.9 Å². The van der Waals surface area contributed by atoms with E-state index in [2.05, 4.69) is 5.32 Å². The van der Waals surface area contributed by atoms with Gasteiger partial charge in [0.05, 0.1) is 18.0 Å². The Hall–Kier alpha value is -1.44. The number of benzene rings is 1. The lowest BCUT2D eigenvalue weighted by atomic mass is 10.1. The van der Waals surface area contributed by atoms with Gasteiger partial charge in [-0.1, -0.05) is 6.07 Å². The first-order valence-corrected chi connectivity index (χ1v) is 9.44.